The molecule has 0 unspecified atom stereocenters. The molecule has 0 spiro atoms. The van der Waals surface area contributed by atoms with Crippen LogP contribution >= 0.6 is 35.8 Å². The summed E-state index contributed by atoms with van der Waals surface area (Å²) < 4.78 is 37.7. The fraction of sp³-hybridized carbons (Fsp3) is 0.0909. The van der Waals surface area contributed by atoms with Gasteiger partial charge in [0.15, 0.2) is 0 Å². The molecule has 0 heterocycles. The first-order chi connectivity index (χ1) is 9.57. The van der Waals surface area contributed by atoms with Gasteiger partial charge in [0.2, 0.25) is 0 Å². The maximum Gasteiger partial charge on any atom is 0.416 e. The van der Waals surface area contributed by atoms with Crippen LogP contribution in [0.5, 0.6) is 0 Å². The number of nitrogens with two attached hydrogens (primary N) is 2. The summed E-state index contributed by atoms with van der Waals surface area (Å²) in [5.74, 6) is -0.305. The summed E-state index contributed by atoms with van der Waals surface area (Å²) in [6, 6.07) is 2.92. The van der Waals surface area contributed by atoms with Gasteiger partial charge < -0.3 is 11.5 Å². The van der Waals surface area contributed by atoms with Crippen molar-refractivity contribution in [2.45, 2.75) is 6.18 Å². The van der Waals surface area contributed by atoms with Crippen molar-refractivity contribution >= 4 is 47.4 Å². The van der Waals surface area contributed by atoms with Crippen molar-refractivity contribution in [1.29, 1.82) is 5.26 Å². The second-order valence-corrected chi connectivity index (χ2v) is 4.92. The number of amidine groups is 1. The number of aliphatic imine (C=N–C) groups is 1. The third kappa shape index (κ3) is 4.20. The summed E-state index contributed by atoms with van der Waals surface area (Å²) in [6.07, 6.45) is -4.60. The lowest BCUT2D eigenvalue weighted by molar-refractivity contribution is -0.137. The first kappa shape index (κ1) is 17.5. The molecule has 1 aromatic carbocycles. The van der Waals surface area contributed by atoms with Crippen molar-refractivity contribution < 1.29 is 13.2 Å². The second-order valence-electron chi connectivity index (χ2n) is 3.66. The SMILES string of the molecule is N#CC(N)=C(S)C(N)=Nc1c(Cl)cc(C(F)(F)F)cc1Cl. The van der Waals surface area contributed by atoms with Crippen LogP contribution in [0.3, 0.4) is 0 Å². The molecule has 4 nitrogen and oxygen atoms in total. The second kappa shape index (κ2) is 6.47. The summed E-state index contributed by atoms with van der Waals surface area (Å²) in [5, 5.41) is 7.88. The van der Waals surface area contributed by atoms with Crippen molar-refractivity contribution in [3.63, 3.8) is 0 Å². The average Bonchev–Trinajstić information content (AvgIpc) is 2.39. The quantitative estimate of drug-likeness (QED) is 0.328. The smallest absolute Gasteiger partial charge is 0.389 e. The third-order valence-electron chi connectivity index (χ3n) is 2.19. The van der Waals surface area contributed by atoms with E-state index in [9.17, 15) is 13.2 Å². The highest BCUT2D eigenvalue weighted by Gasteiger charge is 2.32. The van der Waals surface area contributed by atoms with Gasteiger partial charge in [-0.25, -0.2) is 4.99 Å². The zero-order valence-electron chi connectivity index (χ0n) is 10.0. The van der Waals surface area contributed by atoms with E-state index in [1.807, 2.05) is 0 Å². The first-order valence-corrected chi connectivity index (χ1v) is 6.27. The molecule has 1 rings (SSSR count). The van der Waals surface area contributed by atoms with Gasteiger partial charge in [0, 0.05) is 0 Å². The van der Waals surface area contributed by atoms with Crippen LogP contribution < -0.4 is 11.5 Å². The third-order valence-corrected chi connectivity index (χ3v) is 3.24. The number of benzene rings is 1. The molecule has 0 aliphatic heterocycles. The summed E-state index contributed by atoms with van der Waals surface area (Å²) in [5.41, 5.74) is 9.32. The van der Waals surface area contributed by atoms with E-state index in [2.05, 4.69) is 17.6 Å². The number of hydrogen-bond acceptors (Lipinski definition) is 4. The number of thiol groups is 1. The van der Waals surface area contributed by atoms with Crippen molar-refractivity contribution in [2.24, 2.45) is 16.5 Å². The van der Waals surface area contributed by atoms with E-state index in [1.165, 1.54) is 0 Å². The number of halogens is 5. The van der Waals surface area contributed by atoms with E-state index in [-0.39, 0.29) is 32.2 Å². The zero-order chi connectivity index (χ0) is 16.4. The van der Waals surface area contributed by atoms with Gasteiger partial charge in [0.1, 0.15) is 23.3 Å². The Balaban J connectivity index is 3.39. The molecule has 0 radical (unpaired) electrons. The molecule has 0 saturated heterocycles. The molecule has 112 valence electrons. The normalized spacial score (nSPS) is 13.7. The average molecular weight is 355 g/mol. The molecule has 1 aromatic rings. The van der Waals surface area contributed by atoms with Crippen LogP contribution in [0.1, 0.15) is 5.56 Å². The van der Waals surface area contributed by atoms with Gasteiger partial charge in [-0.05, 0) is 12.1 Å². The highest BCUT2D eigenvalue weighted by Crippen LogP contribution is 2.40. The van der Waals surface area contributed by atoms with Crippen LogP contribution in [-0.2, 0) is 6.18 Å². The lowest BCUT2D eigenvalue weighted by Crippen LogP contribution is -2.15. The van der Waals surface area contributed by atoms with E-state index in [1.54, 1.807) is 6.07 Å². The highest BCUT2D eigenvalue weighted by atomic mass is 35.5. The van der Waals surface area contributed by atoms with Crippen molar-refractivity contribution in [2.75, 3.05) is 0 Å². The van der Waals surface area contributed by atoms with E-state index >= 15 is 0 Å². The summed E-state index contributed by atoms with van der Waals surface area (Å²) in [6.45, 7) is 0. The minimum atomic E-state index is -4.60. The minimum Gasteiger partial charge on any atom is -0.389 e. The highest BCUT2D eigenvalue weighted by molar-refractivity contribution is 7.85. The molecule has 0 aliphatic rings. The van der Waals surface area contributed by atoms with Crippen LogP contribution in [0, 0.1) is 11.3 Å². The molecule has 21 heavy (non-hydrogen) atoms. The summed E-state index contributed by atoms with van der Waals surface area (Å²) in [4.78, 5) is 3.61. The molecule has 0 aromatic heterocycles. The number of alkyl halides is 3. The number of nitrogens with zero attached hydrogens (tertiary/aromatic N) is 2. The molecular weight excluding hydrogens is 348 g/mol. The van der Waals surface area contributed by atoms with E-state index in [0.29, 0.717) is 12.1 Å². The Morgan fingerprint density at radius 2 is 1.71 bits per heavy atom. The van der Waals surface area contributed by atoms with Crippen molar-refractivity contribution in [1.82, 2.24) is 0 Å². The van der Waals surface area contributed by atoms with Gasteiger partial charge in [-0.3, -0.25) is 0 Å². The number of allylic oxidation sites excluding steroid dienone is 1. The van der Waals surface area contributed by atoms with Crippen LogP contribution in [0.4, 0.5) is 18.9 Å². The van der Waals surface area contributed by atoms with E-state index in [0.717, 1.165) is 0 Å². The van der Waals surface area contributed by atoms with Crippen LogP contribution in [0.25, 0.3) is 0 Å². The largest absolute Gasteiger partial charge is 0.416 e. The van der Waals surface area contributed by atoms with Crippen LogP contribution in [-0.4, -0.2) is 5.84 Å². The Morgan fingerprint density at radius 1 is 1.24 bits per heavy atom. The van der Waals surface area contributed by atoms with Crippen LogP contribution in [0.15, 0.2) is 27.7 Å². The molecule has 0 saturated carbocycles. The zero-order valence-corrected chi connectivity index (χ0v) is 12.4. The standard InChI is InChI=1S/C11H7Cl2F3N4S/c12-5-1-4(11(14,15)16)2-6(13)8(5)20-10(19)9(21)7(18)3-17/h1-2,21H,18H2,(H2,19,20). The lowest BCUT2D eigenvalue weighted by Gasteiger charge is -2.10. The van der Waals surface area contributed by atoms with Gasteiger partial charge in [0.05, 0.1) is 20.5 Å². The first-order valence-electron chi connectivity index (χ1n) is 5.07. The molecule has 0 aliphatic carbocycles. The Kier molecular flexibility index (Phi) is 5.39. The van der Waals surface area contributed by atoms with Gasteiger partial charge >= 0.3 is 6.18 Å². The topological polar surface area (TPSA) is 88.2 Å². The maximum absolute atomic E-state index is 12.6. The number of hydrogen-bond donors (Lipinski definition) is 3. The Hall–Kier alpha value is -1.56. The van der Waals surface area contributed by atoms with Gasteiger partial charge in [-0.15, -0.1) is 12.6 Å². The van der Waals surface area contributed by atoms with Crippen molar-refractivity contribution in [3.8, 4) is 6.07 Å². The molecule has 0 atom stereocenters. The van der Waals surface area contributed by atoms with Gasteiger partial charge in [0.25, 0.3) is 0 Å². The monoisotopic (exact) mass is 354 g/mol. The predicted molar refractivity (Wildman–Crippen MR) is 78.6 cm³/mol. The number of rotatable bonds is 2. The fourth-order valence-corrected chi connectivity index (χ4v) is 1.87. The number of nitriles is 1. The molecular formula is C11H7Cl2F3N4S. The lowest BCUT2D eigenvalue weighted by atomic mass is 10.2. The molecule has 0 fully saturated rings. The molecule has 4 N–H and O–H groups in total. The van der Waals surface area contributed by atoms with Crippen LogP contribution in [0.2, 0.25) is 10.0 Å². The van der Waals surface area contributed by atoms with E-state index in [4.69, 9.17) is 39.9 Å². The molecule has 0 amide bonds. The minimum absolute atomic E-state index is 0.135. The maximum atomic E-state index is 12.6. The van der Waals surface area contributed by atoms with Gasteiger partial charge in [-0.2, -0.15) is 18.4 Å². The Bertz CT molecular complexity index is 654. The van der Waals surface area contributed by atoms with Crippen molar-refractivity contribution in [3.05, 3.63) is 38.3 Å². The summed E-state index contributed by atoms with van der Waals surface area (Å²) in [7, 11) is 0. The summed E-state index contributed by atoms with van der Waals surface area (Å²) >= 11 is 15.3. The Labute approximate surface area is 133 Å². The Morgan fingerprint density at radius 3 is 2.10 bits per heavy atom. The van der Waals surface area contributed by atoms with E-state index < -0.39 is 11.7 Å². The predicted octanol–water partition coefficient (Wildman–Crippen LogP) is 3.62. The fourth-order valence-electron chi connectivity index (χ4n) is 1.20. The molecule has 10 heteroatoms. The molecule has 0 bridgehead atoms. The van der Waals surface area contributed by atoms with Gasteiger partial charge in [-0.1, -0.05) is 23.2 Å².